The van der Waals surface area contributed by atoms with E-state index in [0.717, 1.165) is 17.8 Å². The van der Waals surface area contributed by atoms with Crippen molar-refractivity contribution in [3.8, 4) is 0 Å². The summed E-state index contributed by atoms with van der Waals surface area (Å²) in [4.78, 5) is 29.6. The highest BCUT2D eigenvalue weighted by atomic mass is 35.5. The SMILES string of the molecule is Cl.O=C(NCc1ccccc1)[C@@H]1CCc2cnc(NCC(F)(F)c3cccc[n+]3[O-])c(=O)n21. The molecule has 3 heterocycles. The zero-order chi connectivity index (χ0) is 22.7. The van der Waals surface area contributed by atoms with Crippen molar-refractivity contribution in [2.45, 2.75) is 31.4 Å². The van der Waals surface area contributed by atoms with E-state index in [0.29, 0.717) is 25.1 Å². The molecular weight excluding hydrogens is 456 g/mol. The third-order valence-corrected chi connectivity index (χ3v) is 5.35. The lowest BCUT2D eigenvalue weighted by Gasteiger charge is -2.18. The predicted molar refractivity (Wildman–Crippen MR) is 119 cm³/mol. The number of carbonyl (C=O) groups is 1. The Morgan fingerprint density at radius 2 is 1.94 bits per heavy atom. The number of alkyl halides is 2. The number of rotatable bonds is 7. The van der Waals surface area contributed by atoms with Gasteiger partial charge in [0.2, 0.25) is 5.91 Å². The second kappa shape index (κ2) is 9.95. The number of amides is 1. The second-order valence-electron chi connectivity index (χ2n) is 7.50. The maximum absolute atomic E-state index is 14.5. The zero-order valence-corrected chi connectivity index (χ0v) is 18.2. The fourth-order valence-electron chi connectivity index (χ4n) is 3.71. The summed E-state index contributed by atoms with van der Waals surface area (Å²) in [5, 5.41) is 16.8. The maximum Gasteiger partial charge on any atom is 0.347 e. The Kier molecular flexibility index (Phi) is 7.27. The van der Waals surface area contributed by atoms with Gasteiger partial charge < -0.3 is 15.8 Å². The molecule has 0 saturated heterocycles. The van der Waals surface area contributed by atoms with Gasteiger partial charge in [-0.05, 0) is 24.5 Å². The Morgan fingerprint density at radius 3 is 2.67 bits per heavy atom. The van der Waals surface area contributed by atoms with Crippen molar-refractivity contribution < 1.29 is 18.3 Å². The average Bonchev–Trinajstić information content (AvgIpc) is 3.23. The number of fused-ring (bicyclic) bond motifs is 1. The molecule has 0 radical (unpaired) electrons. The number of carbonyl (C=O) groups excluding carboxylic acids is 1. The number of nitrogens with one attached hydrogen (secondary N) is 2. The zero-order valence-electron chi connectivity index (χ0n) is 17.4. The van der Waals surface area contributed by atoms with Crippen molar-refractivity contribution in [1.29, 1.82) is 0 Å². The predicted octanol–water partition coefficient (Wildman–Crippen LogP) is 2.31. The summed E-state index contributed by atoms with van der Waals surface area (Å²) in [6.45, 7) is -0.680. The molecule has 2 aromatic heterocycles. The molecule has 33 heavy (non-hydrogen) atoms. The van der Waals surface area contributed by atoms with E-state index >= 15 is 0 Å². The summed E-state index contributed by atoms with van der Waals surface area (Å²) in [6, 6.07) is 12.3. The molecule has 3 aromatic rings. The maximum atomic E-state index is 14.5. The highest BCUT2D eigenvalue weighted by molar-refractivity contribution is 5.85. The van der Waals surface area contributed by atoms with Crippen molar-refractivity contribution >= 4 is 24.1 Å². The van der Waals surface area contributed by atoms with Gasteiger partial charge in [-0.3, -0.25) is 14.2 Å². The van der Waals surface area contributed by atoms with E-state index in [1.165, 1.54) is 22.9 Å². The normalized spacial score (nSPS) is 14.8. The topological polar surface area (TPSA) is 103 Å². The number of benzene rings is 1. The van der Waals surface area contributed by atoms with Gasteiger partial charge in [-0.15, -0.1) is 12.4 Å². The van der Waals surface area contributed by atoms with E-state index in [-0.39, 0.29) is 28.9 Å². The van der Waals surface area contributed by atoms with E-state index in [9.17, 15) is 23.6 Å². The molecule has 0 spiro atoms. The summed E-state index contributed by atoms with van der Waals surface area (Å²) >= 11 is 0. The summed E-state index contributed by atoms with van der Waals surface area (Å²) in [6.07, 6.45) is 3.27. The van der Waals surface area contributed by atoms with E-state index in [1.54, 1.807) is 0 Å². The first-order valence-electron chi connectivity index (χ1n) is 10.1. The van der Waals surface area contributed by atoms with Crippen molar-refractivity contribution in [1.82, 2.24) is 14.9 Å². The standard InChI is InChI=1S/C22H21F2N5O3.ClH/c23-22(24,18-8-4-5-11-28(18)32)14-27-19-21(31)29-16(13-25-19)9-10-17(29)20(30)26-12-15-6-2-1-3-7-15;/h1-8,11,13,17H,9-10,12,14H2,(H,25,27)(H,26,30);1H/t17-;/m0./s1. The molecule has 0 unspecified atom stereocenters. The number of aryl methyl sites for hydroxylation is 1. The monoisotopic (exact) mass is 477 g/mol. The minimum absolute atomic E-state index is 0. The van der Waals surface area contributed by atoms with Crippen LogP contribution < -0.4 is 20.9 Å². The van der Waals surface area contributed by atoms with Gasteiger partial charge in [0, 0.05) is 30.6 Å². The third kappa shape index (κ3) is 5.11. The first kappa shape index (κ1) is 24.1. The van der Waals surface area contributed by atoms with Crippen LogP contribution in [0.5, 0.6) is 0 Å². The fourth-order valence-corrected chi connectivity index (χ4v) is 3.71. The molecular formula is C22H22ClF2N5O3. The van der Waals surface area contributed by atoms with Gasteiger partial charge >= 0.3 is 5.92 Å². The number of hydrogen-bond acceptors (Lipinski definition) is 5. The minimum atomic E-state index is -3.53. The van der Waals surface area contributed by atoms with Gasteiger partial charge in [0.25, 0.3) is 11.3 Å². The summed E-state index contributed by atoms with van der Waals surface area (Å²) in [5.41, 5.74) is 0.0838. The molecule has 1 aliphatic rings. The number of nitrogens with zero attached hydrogens (tertiary/aromatic N) is 3. The Bertz CT molecular complexity index is 1190. The number of pyridine rings is 1. The van der Waals surface area contributed by atoms with Gasteiger partial charge in [-0.1, -0.05) is 30.3 Å². The van der Waals surface area contributed by atoms with Crippen LogP contribution >= 0.6 is 12.4 Å². The molecule has 0 saturated carbocycles. The molecule has 11 heteroatoms. The highest BCUT2D eigenvalue weighted by Gasteiger charge is 2.40. The molecule has 1 aliphatic heterocycles. The molecule has 1 atom stereocenters. The van der Waals surface area contributed by atoms with Gasteiger partial charge in [-0.25, -0.2) is 4.98 Å². The molecule has 4 rings (SSSR count). The smallest absolute Gasteiger partial charge is 0.347 e. The number of hydrogen-bond donors (Lipinski definition) is 2. The Balaban J connectivity index is 0.00000306. The summed E-state index contributed by atoms with van der Waals surface area (Å²) < 4.78 is 30.4. The van der Waals surface area contributed by atoms with Crippen molar-refractivity contribution in [2.24, 2.45) is 0 Å². The highest BCUT2D eigenvalue weighted by Crippen LogP contribution is 2.26. The van der Waals surface area contributed by atoms with Crippen LogP contribution in [0.4, 0.5) is 14.6 Å². The quantitative estimate of drug-likeness (QED) is 0.401. The minimum Gasteiger partial charge on any atom is -0.618 e. The van der Waals surface area contributed by atoms with Gasteiger partial charge in [-0.2, -0.15) is 13.5 Å². The molecule has 8 nitrogen and oxygen atoms in total. The van der Waals surface area contributed by atoms with E-state index < -0.39 is 29.8 Å². The van der Waals surface area contributed by atoms with E-state index in [2.05, 4.69) is 15.6 Å². The molecule has 1 aromatic carbocycles. The average molecular weight is 478 g/mol. The molecule has 0 fully saturated rings. The largest absolute Gasteiger partial charge is 0.618 e. The van der Waals surface area contributed by atoms with Crippen molar-refractivity contribution in [2.75, 3.05) is 11.9 Å². The van der Waals surface area contributed by atoms with Crippen molar-refractivity contribution in [3.63, 3.8) is 0 Å². The van der Waals surface area contributed by atoms with Crippen LogP contribution in [0.25, 0.3) is 0 Å². The van der Waals surface area contributed by atoms with Crippen LogP contribution in [0.15, 0.2) is 65.7 Å². The van der Waals surface area contributed by atoms with Crippen LogP contribution in [0.1, 0.15) is 29.4 Å². The van der Waals surface area contributed by atoms with Crippen LogP contribution in [0.2, 0.25) is 0 Å². The lowest BCUT2D eigenvalue weighted by Crippen LogP contribution is -2.42. The lowest BCUT2D eigenvalue weighted by molar-refractivity contribution is -0.624. The second-order valence-corrected chi connectivity index (χ2v) is 7.50. The van der Waals surface area contributed by atoms with Crippen LogP contribution in [-0.2, 0) is 23.7 Å². The van der Waals surface area contributed by atoms with Crippen LogP contribution in [-0.4, -0.2) is 22.0 Å². The fraction of sp³-hybridized carbons (Fsp3) is 0.273. The van der Waals surface area contributed by atoms with Crippen molar-refractivity contribution in [3.05, 3.63) is 93.4 Å². The Hall–Kier alpha value is -3.53. The summed E-state index contributed by atoms with van der Waals surface area (Å²) in [7, 11) is 0. The first-order valence-corrected chi connectivity index (χ1v) is 10.1. The third-order valence-electron chi connectivity index (χ3n) is 5.35. The number of aromatic nitrogens is 3. The number of halogens is 3. The Morgan fingerprint density at radius 1 is 1.21 bits per heavy atom. The Labute approximate surface area is 194 Å². The van der Waals surface area contributed by atoms with Gasteiger partial charge in [0.15, 0.2) is 12.0 Å². The molecule has 0 bridgehead atoms. The first-order chi connectivity index (χ1) is 15.4. The summed E-state index contributed by atoms with van der Waals surface area (Å²) in [5.74, 6) is -4.16. The van der Waals surface area contributed by atoms with E-state index in [1.807, 2.05) is 30.3 Å². The molecule has 1 amide bonds. The molecule has 174 valence electrons. The molecule has 2 N–H and O–H groups in total. The van der Waals surface area contributed by atoms with Gasteiger partial charge in [0.05, 0.1) is 6.54 Å². The van der Waals surface area contributed by atoms with Crippen LogP contribution in [0.3, 0.4) is 0 Å². The lowest BCUT2D eigenvalue weighted by atomic mass is 10.2. The van der Waals surface area contributed by atoms with Crippen LogP contribution in [0, 0.1) is 5.21 Å². The molecule has 0 aliphatic carbocycles. The van der Waals surface area contributed by atoms with E-state index in [4.69, 9.17) is 0 Å². The van der Waals surface area contributed by atoms with Gasteiger partial charge in [0.1, 0.15) is 6.04 Å². The number of anilines is 1.